The third kappa shape index (κ3) is 5.97. The number of hydrogen-bond acceptors (Lipinski definition) is 3. The summed E-state index contributed by atoms with van der Waals surface area (Å²) in [6.07, 6.45) is 2.73. The van der Waals surface area contributed by atoms with Gasteiger partial charge in [-0.3, -0.25) is 4.79 Å². The quantitative estimate of drug-likeness (QED) is 0.738. The largest absolute Gasteiger partial charge is 0.378 e. The fourth-order valence-corrected chi connectivity index (χ4v) is 1.46. The summed E-state index contributed by atoms with van der Waals surface area (Å²) in [5.74, 6) is 0.431. The van der Waals surface area contributed by atoms with Crippen LogP contribution >= 0.6 is 12.4 Å². The van der Waals surface area contributed by atoms with Crippen molar-refractivity contribution in [1.29, 1.82) is 0 Å². The zero-order chi connectivity index (χ0) is 10.4. The Kier molecular flexibility index (Phi) is 7.74. The number of halogens is 1. The summed E-state index contributed by atoms with van der Waals surface area (Å²) in [7, 11) is 0. The Morgan fingerprint density at radius 1 is 1.67 bits per heavy atom. The van der Waals surface area contributed by atoms with Gasteiger partial charge in [0.25, 0.3) is 0 Å². The minimum Gasteiger partial charge on any atom is -0.378 e. The van der Waals surface area contributed by atoms with E-state index in [-0.39, 0.29) is 24.4 Å². The number of amides is 1. The van der Waals surface area contributed by atoms with Crippen LogP contribution in [0.4, 0.5) is 0 Å². The van der Waals surface area contributed by atoms with Crippen LogP contribution in [0.3, 0.4) is 0 Å². The second kappa shape index (κ2) is 7.91. The van der Waals surface area contributed by atoms with Gasteiger partial charge in [-0.1, -0.05) is 6.92 Å². The van der Waals surface area contributed by atoms with Crippen molar-refractivity contribution in [3.8, 4) is 0 Å². The average Bonchev–Trinajstić information content (AvgIpc) is 2.66. The van der Waals surface area contributed by atoms with E-state index in [1.165, 1.54) is 0 Å². The fourth-order valence-electron chi connectivity index (χ4n) is 1.46. The highest BCUT2D eigenvalue weighted by atomic mass is 35.5. The molecule has 1 amide bonds. The predicted molar refractivity (Wildman–Crippen MR) is 62.1 cm³/mol. The van der Waals surface area contributed by atoms with Gasteiger partial charge in [0.1, 0.15) is 0 Å². The Labute approximate surface area is 97.3 Å². The molecule has 0 aromatic heterocycles. The molecule has 0 saturated carbocycles. The number of rotatable bonds is 5. The summed E-state index contributed by atoms with van der Waals surface area (Å²) in [6, 6.07) is 0. The van der Waals surface area contributed by atoms with Crippen LogP contribution in [-0.4, -0.2) is 31.7 Å². The molecule has 0 aromatic carbocycles. The monoisotopic (exact) mass is 236 g/mol. The Morgan fingerprint density at radius 3 is 2.93 bits per heavy atom. The number of nitrogens with two attached hydrogens (primary N) is 1. The van der Waals surface area contributed by atoms with Gasteiger partial charge in [-0.15, -0.1) is 12.4 Å². The van der Waals surface area contributed by atoms with Crippen molar-refractivity contribution in [3.63, 3.8) is 0 Å². The molecule has 1 fully saturated rings. The topological polar surface area (TPSA) is 64.3 Å². The highest BCUT2D eigenvalue weighted by molar-refractivity contribution is 5.85. The lowest BCUT2D eigenvalue weighted by molar-refractivity contribution is -0.123. The van der Waals surface area contributed by atoms with Crippen LogP contribution in [0.5, 0.6) is 0 Å². The molecule has 0 aliphatic carbocycles. The molecule has 15 heavy (non-hydrogen) atoms. The summed E-state index contributed by atoms with van der Waals surface area (Å²) in [5.41, 5.74) is 5.45. The van der Waals surface area contributed by atoms with Crippen molar-refractivity contribution >= 4 is 18.3 Å². The van der Waals surface area contributed by atoms with Crippen LogP contribution in [0.25, 0.3) is 0 Å². The molecular formula is C10H21ClN2O2. The normalized spacial score (nSPS) is 21.9. The standard InChI is InChI=1S/C10H20N2O2.ClH/c1-8(6-11)7-12-10(13)5-9-3-2-4-14-9;/h8-9H,2-7,11H2,1H3,(H,12,13);1H. The third-order valence-corrected chi connectivity index (χ3v) is 2.49. The van der Waals surface area contributed by atoms with Gasteiger partial charge in [-0.05, 0) is 25.3 Å². The van der Waals surface area contributed by atoms with Crippen LogP contribution in [0, 0.1) is 5.92 Å². The van der Waals surface area contributed by atoms with Gasteiger partial charge in [-0.2, -0.15) is 0 Å². The maximum atomic E-state index is 11.4. The Bertz CT molecular complexity index is 184. The third-order valence-electron chi connectivity index (χ3n) is 2.49. The maximum absolute atomic E-state index is 11.4. The van der Waals surface area contributed by atoms with Gasteiger partial charge in [0.05, 0.1) is 12.5 Å². The fraction of sp³-hybridized carbons (Fsp3) is 0.900. The second-order valence-corrected chi connectivity index (χ2v) is 3.98. The van der Waals surface area contributed by atoms with Crippen molar-refractivity contribution in [2.45, 2.75) is 32.3 Å². The summed E-state index contributed by atoms with van der Waals surface area (Å²) < 4.78 is 5.37. The molecule has 1 rings (SSSR count). The molecule has 3 N–H and O–H groups in total. The maximum Gasteiger partial charge on any atom is 0.222 e. The highest BCUT2D eigenvalue weighted by Crippen LogP contribution is 2.14. The predicted octanol–water partition coefficient (Wildman–Crippen LogP) is 0.688. The first-order valence-electron chi connectivity index (χ1n) is 5.30. The van der Waals surface area contributed by atoms with E-state index >= 15 is 0 Å². The number of ether oxygens (including phenoxy) is 1. The number of hydrogen-bond donors (Lipinski definition) is 2. The molecule has 1 aliphatic heterocycles. The number of carbonyl (C=O) groups excluding carboxylic acids is 1. The van der Waals surface area contributed by atoms with Gasteiger partial charge in [-0.25, -0.2) is 0 Å². The molecular weight excluding hydrogens is 216 g/mol. The zero-order valence-electron chi connectivity index (χ0n) is 9.20. The van der Waals surface area contributed by atoms with E-state index < -0.39 is 0 Å². The first kappa shape index (κ1) is 14.7. The van der Waals surface area contributed by atoms with Crippen LogP contribution in [0.2, 0.25) is 0 Å². The molecule has 90 valence electrons. The van der Waals surface area contributed by atoms with Gasteiger partial charge < -0.3 is 15.8 Å². The summed E-state index contributed by atoms with van der Waals surface area (Å²) in [6.45, 7) is 4.10. The second-order valence-electron chi connectivity index (χ2n) is 3.98. The highest BCUT2D eigenvalue weighted by Gasteiger charge is 2.18. The molecule has 4 nitrogen and oxygen atoms in total. The van der Waals surface area contributed by atoms with E-state index in [0.717, 1.165) is 19.4 Å². The van der Waals surface area contributed by atoms with Crippen molar-refractivity contribution in [2.24, 2.45) is 11.7 Å². The van der Waals surface area contributed by atoms with E-state index in [0.29, 0.717) is 25.4 Å². The minimum atomic E-state index is 0. The number of nitrogens with one attached hydrogen (secondary N) is 1. The molecule has 2 atom stereocenters. The first-order chi connectivity index (χ1) is 6.72. The van der Waals surface area contributed by atoms with Crippen LogP contribution in [-0.2, 0) is 9.53 Å². The number of carbonyl (C=O) groups is 1. The molecule has 0 aromatic rings. The zero-order valence-corrected chi connectivity index (χ0v) is 10.0. The molecule has 1 aliphatic rings. The van der Waals surface area contributed by atoms with Gasteiger partial charge in [0, 0.05) is 13.2 Å². The molecule has 5 heteroatoms. The van der Waals surface area contributed by atoms with Crippen LogP contribution in [0.1, 0.15) is 26.2 Å². The Hall–Kier alpha value is -0.320. The van der Waals surface area contributed by atoms with Crippen molar-refractivity contribution in [1.82, 2.24) is 5.32 Å². The lowest BCUT2D eigenvalue weighted by Crippen LogP contribution is -2.33. The van der Waals surface area contributed by atoms with E-state index in [4.69, 9.17) is 10.5 Å². The Morgan fingerprint density at radius 2 is 2.40 bits per heavy atom. The minimum absolute atomic E-state index is 0. The smallest absolute Gasteiger partial charge is 0.222 e. The molecule has 0 radical (unpaired) electrons. The van der Waals surface area contributed by atoms with Gasteiger partial charge in [0.15, 0.2) is 0 Å². The van der Waals surface area contributed by atoms with Gasteiger partial charge in [0.2, 0.25) is 5.91 Å². The SMILES string of the molecule is CC(CN)CNC(=O)CC1CCCO1.Cl. The van der Waals surface area contributed by atoms with Crippen LogP contribution < -0.4 is 11.1 Å². The summed E-state index contributed by atoms with van der Waals surface area (Å²) in [4.78, 5) is 11.4. The molecule has 0 bridgehead atoms. The van der Waals surface area contributed by atoms with Crippen molar-refractivity contribution in [3.05, 3.63) is 0 Å². The lowest BCUT2D eigenvalue weighted by atomic mass is 10.1. The summed E-state index contributed by atoms with van der Waals surface area (Å²) in [5, 5.41) is 2.86. The van der Waals surface area contributed by atoms with E-state index in [1.54, 1.807) is 0 Å². The van der Waals surface area contributed by atoms with Crippen molar-refractivity contribution in [2.75, 3.05) is 19.7 Å². The van der Waals surface area contributed by atoms with Gasteiger partial charge >= 0.3 is 0 Å². The van der Waals surface area contributed by atoms with E-state index in [1.807, 2.05) is 6.92 Å². The molecule has 1 heterocycles. The lowest BCUT2D eigenvalue weighted by Gasteiger charge is -2.12. The molecule has 1 saturated heterocycles. The van der Waals surface area contributed by atoms with Crippen molar-refractivity contribution < 1.29 is 9.53 Å². The Balaban J connectivity index is 0.00000196. The summed E-state index contributed by atoms with van der Waals surface area (Å²) >= 11 is 0. The molecule has 2 unspecified atom stereocenters. The van der Waals surface area contributed by atoms with Crippen LogP contribution in [0.15, 0.2) is 0 Å². The van der Waals surface area contributed by atoms with E-state index in [2.05, 4.69) is 5.32 Å². The first-order valence-corrected chi connectivity index (χ1v) is 5.30. The molecule has 0 spiro atoms. The average molecular weight is 237 g/mol. The van der Waals surface area contributed by atoms with E-state index in [9.17, 15) is 4.79 Å².